The molecule has 2 N–H and O–H groups in total. The van der Waals surface area contributed by atoms with Crippen LogP contribution in [0.3, 0.4) is 0 Å². The number of benzene rings is 1. The summed E-state index contributed by atoms with van der Waals surface area (Å²) < 4.78 is 0. The van der Waals surface area contributed by atoms with Gasteiger partial charge in [-0.2, -0.15) is 0 Å². The molecule has 0 saturated carbocycles. The highest BCUT2D eigenvalue weighted by Crippen LogP contribution is 2.24. The monoisotopic (exact) mass is 353 g/mol. The molecule has 1 aromatic rings. The van der Waals surface area contributed by atoms with E-state index in [1.165, 1.54) is 0 Å². The highest BCUT2D eigenvalue weighted by atomic mass is 16.2. The van der Waals surface area contributed by atoms with Crippen LogP contribution in [0.5, 0.6) is 0 Å². The number of carbonyl (C=O) groups is 1. The Kier molecular flexibility index (Phi) is 8.04. The van der Waals surface area contributed by atoms with Gasteiger partial charge in [-0.3, -0.25) is 4.99 Å². The van der Waals surface area contributed by atoms with Crippen LogP contribution >= 0.6 is 0 Å². The summed E-state index contributed by atoms with van der Waals surface area (Å²) in [6.45, 7) is 14.1. The predicted octanol–water partition coefficient (Wildman–Crippen LogP) is 5.90. The van der Waals surface area contributed by atoms with Crippen molar-refractivity contribution in [3.63, 3.8) is 0 Å². The molecule has 0 aliphatic rings. The van der Waals surface area contributed by atoms with Crippen molar-refractivity contribution < 1.29 is 4.79 Å². The fraction of sp³-hybridized carbons (Fsp3) is 0.364. The van der Waals surface area contributed by atoms with Crippen molar-refractivity contribution in [2.24, 2.45) is 10.4 Å². The molecule has 26 heavy (non-hydrogen) atoms. The molecule has 1 rings (SSSR count). The van der Waals surface area contributed by atoms with E-state index in [0.29, 0.717) is 0 Å². The van der Waals surface area contributed by atoms with Crippen LogP contribution in [-0.2, 0) is 0 Å². The standard InChI is InChI=1S/C22H31N3O/c1-8-12-18-17(9-2)13-11-14-19(18)25-21(26)24-16(4)15-20(23-7)22(5,6)10-3/h8-9,11-15H,2,10H2,1,3-7H3,(H2,24,25,26)/b12-8-,16-15+,23-20?. The topological polar surface area (TPSA) is 53.5 Å². The van der Waals surface area contributed by atoms with Crippen molar-refractivity contribution in [3.8, 4) is 0 Å². The molecular weight excluding hydrogens is 322 g/mol. The van der Waals surface area contributed by atoms with Crippen LogP contribution in [0.15, 0.2) is 47.6 Å². The second kappa shape index (κ2) is 9.76. The first-order chi connectivity index (χ1) is 12.3. The Labute approximate surface area is 157 Å². The fourth-order valence-electron chi connectivity index (χ4n) is 2.54. The lowest BCUT2D eigenvalue weighted by molar-refractivity contribution is 0.254. The zero-order chi connectivity index (χ0) is 19.7. The van der Waals surface area contributed by atoms with Gasteiger partial charge in [0.1, 0.15) is 0 Å². The lowest BCUT2D eigenvalue weighted by atomic mass is 9.84. The molecule has 1 aromatic carbocycles. The van der Waals surface area contributed by atoms with E-state index in [9.17, 15) is 4.79 Å². The van der Waals surface area contributed by atoms with Gasteiger partial charge >= 0.3 is 6.03 Å². The van der Waals surface area contributed by atoms with E-state index < -0.39 is 0 Å². The van der Waals surface area contributed by atoms with E-state index in [2.05, 4.69) is 43.0 Å². The summed E-state index contributed by atoms with van der Waals surface area (Å²) in [5, 5.41) is 5.79. The molecular formula is C22H31N3O. The van der Waals surface area contributed by atoms with E-state index in [4.69, 9.17) is 0 Å². The number of rotatable bonds is 7. The zero-order valence-corrected chi connectivity index (χ0v) is 16.8. The van der Waals surface area contributed by atoms with E-state index in [-0.39, 0.29) is 11.4 Å². The molecule has 0 saturated heterocycles. The maximum absolute atomic E-state index is 12.4. The number of hydrogen-bond acceptors (Lipinski definition) is 2. The van der Waals surface area contributed by atoms with Gasteiger partial charge in [0.15, 0.2) is 0 Å². The lowest BCUT2D eigenvalue weighted by Crippen LogP contribution is -2.29. The summed E-state index contributed by atoms with van der Waals surface area (Å²) in [7, 11) is 1.78. The first kappa shape index (κ1) is 21.4. The average Bonchev–Trinajstić information content (AvgIpc) is 2.60. The molecule has 140 valence electrons. The number of nitrogens with zero attached hydrogens (tertiary/aromatic N) is 1. The summed E-state index contributed by atoms with van der Waals surface area (Å²) in [6, 6.07) is 5.46. The van der Waals surface area contributed by atoms with Crippen molar-refractivity contribution in [3.05, 3.63) is 53.8 Å². The Morgan fingerprint density at radius 3 is 2.58 bits per heavy atom. The van der Waals surface area contributed by atoms with Gasteiger partial charge in [-0.05, 0) is 38.0 Å². The third-order valence-corrected chi connectivity index (χ3v) is 4.42. The van der Waals surface area contributed by atoms with Crippen molar-refractivity contribution >= 4 is 29.6 Å². The molecule has 0 unspecified atom stereocenters. The highest BCUT2D eigenvalue weighted by molar-refractivity contribution is 6.00. The van der Waals surface area contributed by atoms with E-state index in [1.807, 2.05) is 50.3 Å². The van der Waals surface area contributed by atoms with Crippen molar-refractivity contribution in [1.29, 1.82) is 0 Å². The minimum absolute atomic E-state index is 0.0362. The van der Waals surface area contributed by atoms with Gasteiger partial charge < -0.3 is 10.6 Å². The number of urea groups is 1. The molecule has 0 fully saturated rings. The average molecular weight is 354 g/mol. The molecule has 4 heteroatoms. The maximum atomic E-state index is 12.4. The molecule has 4 nitrogen and oxygen atoms in total. The summed E-state index contributed by atoms with van der Waals surface area (Å²) >= 11 is 0. The molecule has 0 atom stereocenters. The Morgan fingerprint density at radius 2 is 2.04 bits per heavy atom. The lowest BCUT2D eigenvalue weighted by Gasteiger charge is -2.23. The number of anilines is 1. The molecule has 0 heterocycles. The fourth-order valence-corrected chi connectivity index (χ4v) is 2.54. The van der Waals surface area contributed by atoms with Crippen molar-refractivity contribution in [1.82, 2.24) is 5.32 Å². The molecule has 0 spiro atoms. The minimum Gasteiger partial charge on any atom is -0.312 e. The third kappa shape index (κ3) is 5.73. The Bertz CT molecular complexity index is 740. The predicted molar refractivity (Wildman–Crippen MR) is 115 cm³/mol. The zero-order valence-electron chi connectivity index (χ0n) is 16.8. The summed E-state index contributed by atoms with van der Waals surface area (Å²) in [5.74, 6) is 0. The van der Waals surface area contributed by atoms with Crippen LogP contribution in [0.2, 0.25) is 0 Å². The van der Waals surface area contributed by atoms with Crippen LogP contribution in [-0.4, -0.2) is 18.8 Å². The smallest absolute Gasteiger partial charge is 0.312 e. The van der Waals surface area contributed by atoms with Gasteiger partial charge in [-0.1, -0.05) is 57.7 Å². The van der Waals surface area contributed by atoms with Crippen LogP contribution in [0.1, 0.15) is 52.2 Å². The summed E-state index contributed by atoms with van der Waals surface area (Å²) in [5.41, 5.74) is 4.32. The van der Waals surface area contributed by atoms with E-state index in [0.717, 1.165) is 34.6 Å². The quantitative estimate of drug-likeness (QED) is 0.590. The van der Waals surface area contributed by atoms with E-state index >= 15 is 0 Å². The van der Waals surface area contributed by atoms with Gasteiger partial charge in [0.2, 0.25) is 0 Å². The van der Waals surface area contributed by atoms with Crippen LogP contribution < -0.4 is 10.6 Å². The first-order valence-electron chi connectivity index (χ1n) is 8.90. The van der Waals surface area contributed by atoms with Gasteiger partial charge in [-0.25, -0.2) is 4.79 Å². The van der Waals surface area contributed by atoms with E-state index in [1.54, 1.807) is 13.1 Å². The van der Waals surface area contributed by atoms with Gasteiger partial charge in [-0.15, -0.1) is 0 Å². The number of nitrogens with one attached hydrogen (secondary N) is 2. The SMILES string of the molecule is C=Cc1cccc(NC(=O)N/C(C)=C/C(=NC)C(C)(C)CC)c1/C=C\C. The van der Waals surface area contributed by atoms with Gasteiger partial charge in [0.25, 0.3) is 0 Å². The van der Waals surface area contributed by atoms with Crippen molar-refractivity contribution in [2.75, 3.05) is 12.4 Å². The Balaban J connectivity index is 2.97. The van der Waals surface area contributed by atoms with Crippen LogP contribution in [0.25, 0.3) is 12.2 Å². The van der Waals surface area contributed by atoms with Crippen LogP contribution in [0, 0.1) is 5.41 Å². The second-order valence-corrected chi connectivity index (χ2v) is 6.77. The normalized spacial score (nSPS) is 13.0. The maximum Gasteiger partial charge on any atom is 0.323 e. The summed E-state index contributed by atoms with van der Waals surface area (Å²) in [6.07, 6.45) is 8.57. The Hall–Kier alpha value is -2.62. The highest BCUT2D eigenvalue weighted by Gasteiger charge is 2.20. The number of aliphatic imine (C=N–C) groups is 1. The number of amides is 2. The molecule has 0 aliphatic heterocycles. The number of hydrogen-bond donors (Lipinski definition) is 2. The molecule has 0 aliphatic carbocycles. The largest absolute Gasteiger partial charge is 0.323 e. The second-order valence-electron chi connectivity index (χ2n) is 6.77. The van der Waals surface area contributed by atoms with Crippen LogP contribution in [0.4, 0.5) is 10.5 Å². The number of allylic oxidation sites excluding steroid dienone is 3. The summed E-state index contributed by atoms with van der Waals surface area (Å²) in [4.78, 5) is 16.8. The number of carbonyl (C=O) groups excluding carboxylic acids is 1. The third-order valence-electron chi connectivity index (χ3n) is 4.42. The van der Waals surface area contributed by atoms with Gasteiger partial charge in [0.05, 0.1) is 5.69 Å². The first-order valence-corrected chi connectivity index (χ1v) is 8.90. The minimum atomic E-state index is -0.282. The van der Waals surface area contributed by atoms with Gasteiger partial charge in [0, 0.05) is 29.4 Å². The molecule has 0 radical (unpaired) electrons. The molecule has 0 bridgehead atoms. The molecule has 2 amide bonds. The molecule has 0 aromatic heterocycles. The Morgan fingerprint density at radius 1 is 1.35 bits per heavy atom. The van der Waals surface area contributed by atoms with Crippen molar-refractivity contribution in [2.45, 2.75) is 41.0 Å².